The van der Waals surface area contributed by atoms with E-state index < -0.39 is 0 Å². The summed E-state index contributed by atoms with van der Waals surface area (Å²) in [6.45, 7) is 2.00. The molecule has 2 N–H and O–H groups in total. The van der Waals surface area contributed by atoms with Crippen LogP contribution in [-0.2, 0) is 0 Å². The molecule has 2 nitrogen and oxygen atoms in total. The van der Waals surface area contributed by atoms with Crippen molar-refractivity contribution in [3.63, 3.8) is 0 Å². The maximum Gasteiger partial charge on any atom is 0.0286 e. The van der Waals surface area contributed by atoms with Gasteiger partial charge in [0.25, 0.3) is 0 Å². The summed E-state index contributed by atoms with van der Waals surface area (Å²) in [4.78, 5) is 0. The van der Waals surface area contributed by atoms with Gasteiger partial charge in [-0.3, -0.25) is 5.14 Å². The van der Waals surface area contributed by atoms with Crippen LogP contribution in [0.1, 0.15) is 0 Å². The minimum absolute atomic E-state index is 1.00. The molecule has 1 heterocycles. The first kappa shape index (κ1) is 5.15. The highest BCUT2D eigenvalue weighted by Gasteiger charge is 2.01. The third-order valence-electron chi connectivity index (χ3n) is 0.934. The summed E-state index contributed by atoms with van der Waals surface area (Å²) in [5.41, 5.74) is 0. The van der Waals surface area contributed by atoms with E-state index in [9.17, 15) is 0 Å². The van der Waals surface area contributed by atoms with E-state index in [0.717, 1.165) is 13.1 Å². The smallest absolute Gasteiger partial charge is 0.0286 e. The summed E-state index contributed by atoms with van der Waals surface area (Å²) in [7, 11) is 0. The lowest BCUT2D eigenvalue weighted by atomic mass is 10.6. The van der Waals surface area contributed by atoms with Gasteiger partial charge in [0, 0.05) is 25.2 Å². The van der Waals surface area contributed by atoms with Gasteiger partial charge in [0.05, 0.1) is 0 Å². The first-order valence-corrected chi connectivity index (χ1v) is 3.04. The van der Waals surface area contributed by atoms with Gasteiger partial charge in [-0.1, -0.05) is 12.2 Å². The molecule has 0 radical (unpaired) electrons. The van der Waals surface area contributed by atoms with Gasteiger partial charge in [-0.2, -0.15) is 0 Å². The fourth-order valence-corrected chi connectivity index (χ4v) is 0.889. The van der Waals surface area contributed by atoms with Crippen molar-refractivity contribution in [2.45, 2.75) is 0 Å². The van der Waals surface area contributed by atoms with Crippen LogP contribution >= 0.6 is 12.1 Å². The summed E-state index contributed by atoms with van der Waals surface area (Å²) < 4.78 is 2.07. The van der Waals surface area contributed by atoms with Crippen LogP contribution < -0.4 is 5.14 Å². The molecule has 7 heavy (non-hydrogen) atoms. The summed E-state index contributed by atoms with van der Waals surface area (Å²) >= 11 is 1.30. The molecule has 1 aliphatic rings. The van der Waals surface area contributed by atoms with E-state index in [1.807, 2.05) is 0 Å². The standard InChI is InChI=1S/C4H8N2S/c5-7-6-3-1-2-4-6/h1-2H,3-5H2. The van der Waals surface area contributed by atoms with Gasteiger partial charge in [-0.05, 0) is 0 Å². The first-order chi connectivity index (χ1) is 3.43. The Kier molecular flexibility index (Phi) is 1.73. The fraction of sp³-hybridized carbons (Fsp3) is 0.500. The molecule has 0 aromatic carbocycles. The quantitative estimate of drug-likeness (QED) is 0.396. The van der Waals surface area contributed by atoms with Gasteiger partial charge >= 0.3 is 0 Å². The zero-order chi connectivity index (χ0) is 5.11. The van der Waals surface area contributed by atoms with E-state index in [4.69, 9.17) is 5.14 Å². The molecule has 0 aromatic heterocycles. The molecule has 0 atom stereocenters. The molecule has 0 unspecified atom stereocenters. The van der Waals surface area contributed by atoms with Crippen molar-refractivity contribution >= 4 is 12.1 Å². The lowest BCUT2D eigenvalue weighted by Crippen LogP contribution is -2.12. The molecular formula is C4H8N2S. The van der Waals surface area contributed by atoms with Crippen LogP contribution in [0, 0.1) is 0 Å². The maximum absolute atomic E-state index is 5.24. The minimum Gasteiger partial charge on any atom is -0.264 e. The van der Waals surface area contributed by atoms with Crippen LogP contribution in [0.15, 0.2) is 12.2 Å². The van der Waals surface area contributed by atoms with E-state index in [-0.39, 0.29) is 0 Å². The van der Waals surface area contributed by atoms with Crippen LogP contribution in [0.3, 0.4) is 0 Å². The number of nitrogens with zero attached hydrogens (tertiary/aromatic N) is 1. The Morgan fingerprint density at radius 2 is 2.00 bits per heavy atom. The van der Waals surface area contributed by atoms with Crippen molar-refractivity contribution in [1.82, 2.24) is 4.31 Å². The number of hydrogen-bond acceptors (Lipinski definition) is 3. The van der Waals surface area contributed by atoms with Crippen molar-refractivity contribution < 1.29 is 0 Å². The van der Waals surface area contributed by atoms with Crippen LogP contribution in [0.5, 0.6) is 0 Å². The van der Waals surface area contributed by atoms with E-state index >= 15 is 0 Å². The van der Waals surface area contributed by atoms with Crippen molar-refractivity contribution in [2.75, 3.05) is 13.1 Å². The monoisotopic (exact) mass is 116 g/mol. The largest absolute Gasteiger partial charge is 0.264 e. The molecule has 0 saturated heterocycles. The Hall–Kier alpha value is 0.0100. The van der Waals surface area contributed by atoms with Gasteiger partial charge in [-0.25, -0.2) is 4.31 Å². The van der Waals surface area contributed by atoms with Gasteiger partial charge in [-0.15, -0.1) is 0 Å². The Morgan fingerprint density at radius 1 is 1.43 bits per heavy atom. The lowest BCUT2D eigenvalue weighted by molar-refractivity contribution is 0.611. The minimum atomic E-state index is 1.00. The molecule has 0 aliphatic carbocycles. The molecule has 0 spiro atoms. The zero-order valence-corrected chi connectivity index (χ0v) is 4.82. The predicted octanol–water partition coefficient (Wildman–Crippen LogP) is 0.380. The van der Waals surface area contributed by atoms with E-state index in [2.05, 4.69) is 16.5 Å². The Labute approximate surface area is 47.6 Å². The predicted molar refractivity (Wildman–Crippen MR) is 32.5 cm³/mol. The third kappa shape index (κ3) is 1.19. The topological polar surface area (TPSA) is 29.3 Å². The van der Waals surface area contributed by atoms with Crippen molar-refractivity contribution in [3.05, 3.63) is 12.2 Å². The van der Waals surface area contributed by atoms with Gasteiger partial charge in [0.1, 0.15) is 0 Å². The number of rotatable bonds is 1. The number of hydrogen-bond donors (Lipinski definition) is 1. The highest BCUT2D eigenvalue weighted by Crippen LogP contribution is 2.05. The Balaban J connectivity index is 2.22. The normalized spacial score (nSPS) is 21.3. The first-order valence-electron chi connectivity index (χ1n) is 2.20. The van der Waals surface area contributed by atoms with Crippen molar-refractivity contribution in [1.29, 1.82) is 0 Å². The molecule has 1 rings (SSSR count). The average Bonchev–Trinajstić information content (AvgIpc) is 2.14. The Bertz CT molecular complexity index is 73.8. The van der Waals surface area contributed by atoms with Crippen LogP contribution in [0.2, 0.25) is 0 Å². The summed E-state index contributed by atoms with van der Waals surface area (Å²) in [5.74, 6) is 0. The van der Waals surface area contributed by atoms with Crippen LogP contribution in [0.4, 0.5) is 0 Å². The third-order valence-corrected chi connectivity index (χ3v) is 1.53. The van der Waals surface area contributed by atoms with E-state index in [1.165, 1.54) is 12.1 Å². The lowest BCUT2D eigenvalue weighted by Gasteiger charge is -2.06. The summed E-state index contributed by atoms with van der Waals surface area (Å²) in [6, 6.07) is 0. The highest BCUT2D eigenvalue weighted by molar-refractivity contribution is 7.94. The molecule has 0 fully saturated rings. The second-order valence-electron chi connectivity index (χ2n) is 1.42. The molecule has 0 bridgehead atoms. The highest BCUT2D eigenvalue weighted by atomic mass is 32.2. The van der Waals surface area contributed by atoms with Gasteiger partial charge in [0.15, 0.2) is 0 Å². The summed E-state index contributed by atoms with van der Waals surface area (Å²) in [5, 5.41) is 5.24. The van der Waals surface area contributed by atoms with E-state index in [1.54, 1.807) is 0 Å². The second-order valence-corrected chi connectivity index (χ2v) is 2.15. The zero-order valence-electron chi connectivity index (χ0n) is 4.00. The second kappa shape index (κ2) is 2.35. The average molecular weight is 116 g/mol. The number of nitrogens with two attached hydrogens (primary N) is 1. The summed E-state index contributed by atoms with van der Waals surface area (Å²) in [6.07, 6.45) is 4.22. The van der Waals surface area contributed by atoms with Gasteiger partial charge < -0.3 is 0 Å². The van der Waals surface area contributed by atoms with Crippen molar-refractivity contribution in [3.8, 4) is 0 Å². The molecule has 3 heteroatoms. The van der Waals surface area contributed by atoms with Gasteiger partial charge in [0.2, 0.25) is 0 Å². The fourth-order valence-electron chi connectivity index (χ4n) is 0.545. The molecule has 0 aromatic rings. The van der Waals surface area contributed by atoms with Crippen molar-refractivity contribution in [2.24, 2.45) is 5.14 Å². The van der Waals surface area contributed by atoms with Crippen LogP contribution in [-0.4, -0.2) is 17.4 Å². The molecular weight excluding hydrogens is 108 g/mol. The molecule has 1 aliphatic heterocycles. The SMILES string of the molecule is NSN1CC=CC1. The maximum atomic E-state index is 5.24. The Morgan fingerprint density at radius 3 is 2.29 bits per heavy atom. The van der Waals surface area contributed by atoms with E-state index in [0.29, 0.717) is 0 Å². The molecule has 0 saturated carbocycles. The van der Waals surface area contributed by atoms with Crippen LogP contribution in [0.25, 0.3) is 0 Å². The molecule has 40 valence electrons. The molecule has 0 amide bonds.